The van der Waals surface area contributed by atoms with E-state index in [9.17, 15) is 4.79 Å². The summed E-state index contributed by atoms with van der Waals surface area (Å²) in [5, 5.41) is 4.68. The van der Waals surface area contributed by atoms with Crippen LogP contribution in [0.2, 0.25) is 0 Å². The fourth-order valence-electron chi connectivity index (χ4n) is 0.900. The predicted molar refractivity (Wildman–Crippen MR) is 62.4 cm³/mol. The van der Waals surface area contributed by atoms with E-state index in [1.165, 1.54) is 11.3 Å². The van der Waals surface area contributed by atoms with Crippen LogP contribution in [0.15, 0.2) is 15.9 Å². The maximum absolute atomic E-state index is 11.5. The normalized spacial score (nSPS) is 9.00. The third-order valence-electron chi connectivity index (χ3n) is 1.54. The molecule has 0 aliphatic rings. The molecule has 14 heavy (non-hydrogen) atoms. The molecule has 0 unspecified atom stereocenters. The molecule has 0 spiro atoms. The number of rotatable bonds is 3. The molecule has 1 amide bonds. The summed E-state index contributed by atoms with van der Waals surface area (Å²) in [4.78, 5) is 12.2. The summed E-state index contributed by atoms with van der Waals surface area (Å²) in [7, 11) is 0. The second-order valence-electron chi connectivity index (χ2n) is 2.53. The van der Waals surface area contributed by atoms with Crippen molar-refractivity contribution in [3.8, 4) is 11.8 Å². The number of halogens is 1. The quantitative estimate of drug-likeness (QED) is 0.665. The van der Waals surface area contributed by atoms with Crippen molar-refractivity contribution in [2.75, 3.05) is 6.54 Å². The van der Waals surface area contributed by atoms with Gasteiger partial charge < -0.3 is 5.32 Å². The van der Waals surface area contributed by atoms with Gasteiger partial charge in [0.25, 0.3) is 5.91 Å². The van der Waals surface area contributed by atoms with Crippen LogP contribution < -0.4 is 5.32 Å². The van der Waals surface area contributed by atoms with E-state index in [0.29, 0.717) is 13.0 Å². The summed E-state index contributed by atoms with van der Waals surface area (Å²) < 4.78 is 0.849. The van der Waals surface area contributed by atoms with E-state index in [1.807, 2.05) is 11.4 Å². The van der Waals surface area contributed by atoms with Gasteiger partial charge in [0.1, 0.15) is 4.88 Å². The van der Waals surface area contributed by atoms with Gasteiger partial charge in [-0.1, -0.05) is 0 Å². The summed E-state index contributed by atoms with van der Waals surface area (Å²) >= 11 is 4.74. The Kier molecular flexibility index (Phi) is 4.71. The zero-order valence-electron chi connectivity index (χ0n) is 7.76. The molecule has 0 saturated heterocycles. The van der Waals surface area contributed by atoms with Gasteiger partial charge in [0, 0.05) is 17.4 Å². The molecule has 1 rings (SSSR count). The topological polar surface area (TPSA) is 29.1 Å². The summed E-state index contributed by atoms with van der Waals surface area (Å²) in [5.41, 5.74) is 0. The molecule has 2 nitrogen and oxygen atoms in total. The Labute approximate surface area is 95.8 Å². The number of thiophene rings is 1. The Morgan fingerprint density at radius 2 is 2.50 bits per heavy atom. The number of carbonyl (C=O) groups is 1. The second kappa shape index (κ2) is 5.84. The molecule has 1 aromatic rings. The molecule has 0 aromatic carbocycles. The zero-order valence-corrected chi connectivity index (χ0v) is 10.2. The van der Waals surface area contributed by atoms with Crippen LogP contribution >= 0.6 is 27.3 Å². The van der Waals surface area contributed by atoms with Crippen molar-refractivity contribution in [3.05, 3.63) is 20.8 Å². The van der Waals surface area contributed by atoms with Gasteiger partial charge in [-0.2, -0.15) is 0 Å². The first-order valence-electron chi connectivity index (χ1n) is 4.16. The maximum atomic E-state index is 11.5. The molecular formula is C10H10BrNOS. The zero-order chi connectivity index (χ0) is 10.4. The van der Waals surface area contributed by atoms with Crippen LogP contribution in [-0.2, 0) is 0 Å². The lowest BCUT2D eigenvalue weighted by atomic mass is 10.4. The average Bonchev–Trinajstić information content (AvgIpc) is 2.59. The van der Waals surface area contributed by atoms with Gasteiger partial charge in [0.2, 0.25) is 0 Å². The van der Waals surface area contributed by atoms with Crippen molar-refractivity contribution < 1.29 is 4.79 Å². The van der Waals surface area contributed by atoms with E-state index in [4.69, 9.17) is 0 Å². The van der Waals surface area contributed by atoms with Crippen molar-refractivity contribution >= 4 is 33.2 Å². The molecule has 0 aliphatic heterocycles. The van der Waals surface area contributed by atoms with E-state index in [1.54, 1.807) is 6.92 Å². The van der Waals surface area contributed by atoms with Gasteiger partial charge in [0.15, 0.2) is 0 Å². The first kappa shape index (κ1) is 11.3. The number of nitrogens with one attached hydrogen (secondary N) is 1. The summed E-state index contributed by atoms with van der Waals surface area (Å²) in [6.07, 6.45) is 0.700. The number of hydrogen-bond donors (Lipinski definition) is 1. The standard InChI is InChI=1S/C10H10BrNOS/c1-2-3-4-6-12-10(13)9-8(11)5-7-14-9/h5,7H,4,6H2,1H3,(H,12,13). The highest BCUT2D eigenvalue weighted by molar-refractivity contribution is 9.10. The maximum Gasteiger partial charge on any atom is 0.262 e. The van der Waals surface area contributed by atoms with Crippen molar-refractivity contribution in [2.24, 2.45) is 0 Å². The SMILES string of the molecule is CC#CCCNC(=O)c1sccc1Br. The Balaban J connectivity index is 2.42. The molecule has 1 heterocycles. The first-order chi connectivity index (χ1) is 6.75. The molecule has 0 fully saturated rings. The van der Waals surface area contributed by atoms with E-state index in [-0.39, 0.29) is 5.91 Å². The Hall–Kier alpha value is -0.790. The third kappa shape index (κ3) is 3.17. The van der Waals surface area contributed by atoms with Crippen molar-refractivity contribution in [2.45, 2.75) is 13.3 Å². The molecule has 0 radical (unpaired) electrons. The minimum Gasteiger partial charge on any atom is -0.350 e. The van der Waals surface area contributed by atoms with Gasteiger partial charge in [-0.3, -0.25) is 4.79 Å². The van der Waals surface area contributed by atoms with E-state index in [0.717, 1.165) is 9.35 Å². The van der Waals surface area contributed by atoms with Crippen LogP contribution in [0, 0.1) is 11.8 Å². The van der Waals surface area contributed by atoms with Crippen LogP contribution in [0.3, 0.4) is 0 Å². The van der Waals surface area contributed by atoms with Gasteiger partial charge in [-0.25, -0.2) is 0 Å². The van der Waals surface area contributed by atoms with Crippen LogP contribution in [0.1, 0.15) is 23.0 Å². The fourth-order valence-corrected chi connectivity index (χ4v) is 2.37. The monoisotopic (exact) mass is 271 g/mol. The van der Waals surface area contributed by atoms with Gasteiger partial charge in [0.05, 0.1) is 0 Å². The molecule has 0 saturated carbocycles. The second-order valence-corrected chi connectivity index (χ2v) is 4.30. The van der Waals surface area contributed by atoms with Crippen LogP contribution in [0.5, 0.6) is 0 Å². The first-order valence-corrected chi connectivity index (χ1v) is 5.83. The number of hydrogen-bond acceptors (Lipinski definition) is 2. The molecule has 74 valence electrons. The summed E-state index contributed by atoms with van der Waals surface area (Å²) in [6.45, 7) is 2.39. The Morgan fingerprint density at radius 1 is 1.71 bits per heavy atom. The van der Waals surface area contributed by atoms with E-state index < -0.39 is 0 Å². The van der Waals surface area contributed by atoms with Crippen molar-refractivity contribution in [1.29, 1.82) is 0 Å². The molecule has 1 aromatic heterocycles. The minimum atomic E-state index is -0.0372. The molecular weight excluding hydrogens is 262 g/mol. The summed E-state index contributed by atoms with van der Waals surface area (Å²) in [5.74, 6) is 5.63. The lowest BCUT2D eigenvalue weighted by Crippen LogP contribution is -2.23. The van der Waals surface area contributed by atoms with Gasteiger partial charge >= 0.3 is 0 Å². The van der Waals surface area contributed by atoms with E-state index >= 15 is 0 Å². The molecule has 0 atom stereocenters. The minimum absolute atomic E-state index is 0.0372. The largest absolute Gasteiger partial charge is 0.350 e. The third-order valence-corrected chi connectivity index (χ3v) is 3.37. The highest BCUT2D eigenvalue weighted by Crippen LogP contribution is 2.22. The fraction of sp³-hybridized carbons (Fsp3) is 0.300. The molecule has 0 aliphatic carbocycles. The molecule has 4 heteroatoms. The highest BCUT2D eigenvalue weighted by atomic mass is 79.9. The molecule has 0 bridgehead atoms. The van der Waals surface area contributed by atoms with Crippen molar-refractivity contribution in [1.82, 2.24) is 5.32 Å². The lowest BCUT2D eigenvalue weighted by Gasteiger charge is -2.00. The number of amides is 1. The highest BCUT2D eigenvalue weighted by Gasteiger charge is 2.09. The van der Waals surface area contributed by atoms with E-state index in [2.05, 4.69) is 33.1 Å². The summed E-state index contributed by atoms with van der Waals surface area (Å²) in [6, 6.07) is 1.87. The number of carbonyl (C=O) groups excluding carboxylic acids is 1. The van der Waals surface area contributed by atoms with Crippen LogP contribution in [0.4, 0.5) is 0 Å². The van der Waals surface area contributed by atoms with Crippen molar-refractivity contribution in [3.63, 3.8) is 0 Å². The van der Waals surface area contributed by atoms with Gasteiger partial charge in [-0.15, -0.1) is 23.2 Å². The van der Waals surface area contributed by atoms with Crippen LogP contribution in [0.25, 0.3) is 0 Å². The van der Waals surface area contributed by atoms with Gasteiger partial charge in [-0.05, 0) is 34.3 Å². The average molecular weight is 272 g/mol. The Morgan fingerprint density at radius 3 is 3.07 bits per heavy atom. The lowest BCUT2D eigenvalue weighted by molar-refractivity contribution is 0.0958. The predicted octanol–water partition coefficient (Wildman–Crippen LogP) is 2.65. The van der Waals surface area contributed by atoms with Crippen LogP contribution in [-0.4, -0.2) is 12.5 Å². The smallest absolute Gasteiger partial charge is 0.262 e. The Bertz CT molecular complexity index is 375. The molecule has 1 N–H and O–H groups in total.